The molecule has 1 aromatic carbocycles. The number of rotatable bonds is 12. The van der Waals surface area contributed by atoms with Gasteiger partial charge in [0.2, 0.25) is 5.28 Å². The van der Waals surface area contributed by atoms with Crippen LogP contribution in [0.3, 0.4) is 0 Å². The smallest absolute Gasteiger partial charge is 0.250 e. The topological polar surface area (TPSA) is 147 Å². The maximum absolute atomic E-state index is 11.9. The Balaban J connectivity index is 1.20. The zero-order valence-corrected chi connectivity index (χ0v) is 23.8. The second-order valence-electron chi connectivity index (χ2n) is 10.3. The number of aliphatic hydroxyl groups excluding tert-OH is 2. The average molecular weight is 588 g/mol. The van der Waals surface area contributed by atoms with E-state index in [1.807, 2.05) is 6.07 Å². The molecule has 4 atom stereocenters. The molecule has 4 aromatic rings. The van der Waals surface area contributed by atoms with E-state index in [2.05, 4.69) is 50.0 Å². The van der Waals surface area contributed by atoms with E-state index in [-0.39, 0.29) is 11.2 Å². The van der Waals surface area contributed by atoms with Gasteiger partial charge in [0.25, 0.3) is 10.0 Å². The highest BCUT2D eigenvalue weighted by Crippen LogP contribution is 2.39. The van der Waals surface area contributed by atoms with E-state index in [4.69, 9.17) is 11.6 Å². The van der Waals surface area contributed by atoms with E-state index >= 15 is 0 Å². The quantitative estimate of drug-likeness (QED) is 0.144. The lowest BCUT2D eigenvalue weighted by Crippen LogP contribution is -2.34. The Bertz CT molecular complexity index is 1540. The Labute approximate surface area is 238 Å². The van der Waals surface area contributed by atoms with Crippen LogP contribution in [0.4, 0.5) is 0 Å². The molecule has 0 radical (unpaired) electrons. The van der Waals surface area contributed by atoms with E-state index in [0.717, 1.165) is 42.8 Å². The summed E-state index contributed by atoms with van der Waals surface area (Å²) < 4.78 is 26.5. The summed E-state index contributed by atoms with van der Waals surface area (Å²) in [5.74, 6) is -0.159. The van der Waals surface area contributed by atoms with Gasteiger partial charge < -0.3 is 25.4 Å². The number of nitrogens with one attached hydrogen (secondary N) is 2. The van der Waals surface area contributed by atoms with Crippen molar-refractivity contribution in [2.75, 3.05) is 32.4 Å². The predicted octanol–water partition coefficient (Wildman–Crippen LogP) is 1.85. The maximum Gasteiger partial charge on any atom is 0.250 e. The Kier molecular flexibility index (Phi) is 8.83. The van der Waals surface area contributed by atoms with Crippen molar-refractivity contribution in [3.05, 3.63) is 65.8 Å². The molecule has 11 nitrogen and oxygen atoms in total. The van der Waals surface area contributed by atoms with Crippen molar-refractivity contribution in [3.8, 4) is 11.3 Å². The summed E-state index contributed by atoms with van der Waals surface area (Å²) in [6.45, 7) is 3.18. The number of halogens is 1. The molecule has 0 spiro atoms. The number of aromatic nitrogens is 5. The first-order chi connectivity index (χ1) is 19.2. The number of fused-ring (bicyclic) bond motifs is 1. The fraction of sp³-hybridized carbons (Fsp3) is 0.444. The minimum Gasteiger partial charge on any atom is -0.390 e. The number of benzene rings is 1. The van der Waals surface area contributed by atoms with Crippen LogP contribution >= 0.6 is 11.6 Å². The van der Waals surface area contributed by atoms with Crippen molar-refractivity contribution in [1.29, 1.82) is 0 Å². The Hall–Kier alpha value is -2.87. The van der Waals surface area contributed by atoms with Gasteiger partial charge in [0.1, 0.15) is 11.8 Å². The van der Waals surface area contributed by atoms with Crippen molar-refractivity contribution >= 4 is 32.7 Å². The number of aliphatic hydroxyl groups is 2. The molecular formula is C27H34ClN7O4S. The monoisotopic (exact) mass is 587 g/mol. The molecule has 0 aliphatic heterocycles. The lowest BCUT2D eigenvalue weighted by atomic mass is 10.1. The van der Waals surface area contributed by atoms with E-state index in [1.54, 1.807) is 23.0 Å². The first-order valence-electron chi connectivity index (χ1n) is 13.3. The predicted molar refractivity (Wildman–Crippen MR) is 154 cm³/mol. The van der Waals surface area contributed by atoms with Crippen LogP contribution in [-0.4, -0.2) is 87.0 Å². The fourth-order valence-electron chi connectivity index (χ4n) is 5.31. The third-order valence-electron chi connectivity index (χ3n) is 7.40. The molecule has 0 amide bonds. The van der Waals surface area contributed by atoms with Gasteiger partial charge in [0, 0.05) is 42.0 Å². The normalized spacial score (nSPS) is 21.4. The number of hydrogen-bond acceptors (Lipinski definition) is 9. The van der Waals surface area contributed by atoms with Crippen molar-refractivity contribution in [2.24, 2.45) is 5.92 Å². The number of hydrogen-bond donors (Lipinski definition) is 4. The molecule has 13 heteroatoms. The van der Waals surface area contributed by atoms with Crippen LogP contribution in [0.15, 0.2) is 55.0 Å². The molecule has 1 saturated carbocycles. The summed E-state index contributed by atoms with van der Waals surface area (Å²) in [5, 5.41) is 33.6. The maximum atomic E-state index is 11.9. The van der Waals surface area contributed by atoms with Gasteiger partial charge in [-0.3, -0.25) is 0 Å². The van der Waals surface area contributed by atoms with Crippen molar-refractivity contribution < 1.29 is 18.6 Å². The Morgan fingerprint density at radius 3 is 2.60 bits per heavy atom. The van der Waals surface area contributed by atoms with Gasteiger partial charge in [-0.1, -0.05) is 30.3 Å². The zero-order chi connectivity index (χ0) is 28.3. The molecule has 3 aromatic heterocycles. The summed E-state index contributed by atoms with van der Waals surface area (Å²) in [4.78, 5) is 8.48. The van der Waals surface area contributed by atoms with Gasteiger partial charge in [-0.15, -0.1) is 0 Å². The molecule has 0 saturated heterocycles. The van der Waals surface area contributed by atoms with Gasteiger partial charge in [-0.2, -0.15) is 14.2 Å². The van der Waals surface area contributed by atoms with Crippen LogP contribution in [-0.2, 0) is 16.4 Å². The van der Waals surface area contributed by atoms with Crippen molar-refractivity contribution in [2.45, 2.75) is 37.5 Å². The summed E-state index contributed by atoms with van der Waals surface area (Å²) in [6.07, 6.45) is 6.30. The van der Waals surface area contributed by atoms with E-state index < -0.39 is 28.3 Å². The molecule has 40 heavy (non-hydrogen) atoms. The second-order valence-corrected chi connectivity index (χ2v) is 12.4. The minimum atomic E-state index is -3.55. The Morgan fingerprint density at radius 1 is 1.07 bits per heavy atom. The summed E-state index contributed by atoms with van der Waals surface area (Å²) >= 11 is 6.11. The van der Waals surface area contributed by atoms with Gasteiger partial charge >= 0.3 is 0 Å². The molecule has 4 N–H and O–H groups in total. The molecule has 214 valence electrons. The molecule has 1 aliphatic carbocycles. The first kappa shape index (κ1) is 28.7. The number of nitrogens with zero attached hydrogens (tertiary/aromatic N) is 5. The van der Waals surface area contributed by atoms with Gasteiger partial charge in [0.05, 0.1) is 24.1 Å². The first-order valence-corrected chi connectivity index (χ1v) is 15.6. The summed E-state index contributed by atoms with van der Waals surface area (Å²) in [7, 11) is -3.55. The van der Waals surface area contributed by atoms with Crippen molar-refractivity contribution in [1.82, 2.24) is 34.4 Å². The summed E-state index contributed by atoms with van der Waals surface area (Å²) in [5.41, 5.74) is 2.83. The third-order valence-corrected chi connectivity index (χ3v) is 8.46. The van der Waals surface area contributed by atoms with Crippen LogP contribution in [0.5, 0.6) is 0 Å². The minimum absolute atomic E-state index is 0.0451. The van der Waals surface area contributed by atoms with E-state index in [9.17, 15) is 18.6 Å². The summed E-state index contributed by atoms with van der Waals surface area (Å²) in [6, 6.07) is 11.5. The molecule has 0 bridgehead atoms. The highest BCUT2D eigenvalue weighted by atomic mass is 35.5. The zero-order valence-electron chi connectivity index (χ0n) is 22.2. The lowest BCUT2D eigenvalue weighted by molar-refractivity contribution is 0.00695. The fourth-order valence-corrected chi connectivity index (χ4v) is 5.95. The van der Waals surface area contributed by atoms with E-state index in [1.165, 1.54) is 11.8 Å². The van der Waals surface area contributed by atoms with Crippen LogP contribution < -0.4 is 10.6 Å². The lowest BCUT2D eigenvalue weighted by Gasteiger charge is -2.19. The van der Waals surface area contributed by atoms with Crippen LogP contribution in [0.1, 0.15) is 24.4 Å². The van der Waals surface area contributed by atoms with Gasteiger partial charge in [-0.25, -0.2) is 13.4 Å². The largest absolute Gasteiger partial charge is 0.390 e. The SMILES string of the molecule is CS(=O)(=O)n1ccc(-c2cn([C@@H]3C[C@H](CNCCCNCCc4ccccc4)[C@@H](O)[C@H]3O)c3nc(Cl)ncc23)n1. The molecular weight excluding hydrogens is 554 g/mol. The van der Waals surface area contributed by atoms with Gasteiger partial charge in [0.15, 0.2) is 0 Å². The molecule has 5 rings (SSSR count). The Morgan fingerprint density at radius 2 is 1.85 bits per heavy atom. The average Bonchev–Trinajstić information content (AvgIpc) is 3.63. The van der Waals surface area contributed by atoms with Crippen LogP contribution in [0.2, 0.25) is 5.28 Å². The van der Waals surface area contributed by atoms with Gasteiger partial charge in [-0.05, 0) is 62.1 Å². The van der Waals surface area contributed by atoms with Crippen molar-refractivity contribution in [3.63, 3.8) is 0 Å². The highest BCUT2D eigenvalue weighted by Gasteiger charge is 2.43. The molecule has 0 unspecified atom stereocenters. The third kappa shape index (κ3) is 6.37. The standard InChI is InChI=1S/C27H34ClN7O4S/c1-40(38,39)35-13-9-22(33-35)21-17-34(26-20(21)16-31-27(28)32-26)23-14-19(24(36)25(23)37)15-30-11-5-10-29-12-8-18-6-3-2-4-7-18/h2-4,6-7,9,13,16-17,19,23-25,29-30,36-37H,5,8,10-12,14-15H2,1H3/t19-,23-,24-,25+/m1/s1. The molecule has 3 heterocycles. The van der Waals surface area contributed by atoms with E-state index in [0.29, 0.717) is 35.3 Å². The highest BCUT2D eigenvalue weighted by molar-refractivity contribution is 7.89. The molecule has 1 aliphatic rings. The van der Waals surface area contributed by atoms with Crippen LogP contribution in [0.25, 0.3) is 22.3 Å². The second kappa shape index (κ2) is 12.3. The van der Waals surface area contributed by atoms with Crippen LogP contribution in [0, 0.1) is 5.92 Å². The molecule has 1 fully saturated rings.